The molecule has 0 saturated carbocycles. The van der Waals surface area contributed by atoms with Crippen molar-refractivity contribution in [2.45, 2.75) is 23.6 Å². The Labute approximate surface area is 114 Å². The molecule has 2 aromatic rings. The number of benzene rings is 2. The Balaban J connectivity index is 2.35. The van der Waals surface area contributed by atoms with Crippen LogP contribution in [0.5, 0.6) is 0 Å². The summed E-state index contributed by atoms with van der Waals surface area (Å²) in [7, 11) is 0. The van der Waals surface area contributed by atoms with Crippen LogP contribution in [0.4, 0.5) is 10.1 Å². The minimum absolute atomic E-state index is 0.229. The summed E-state index contributed by atoms with van der Waals surface area (Å²) in [6.07, 6.45) is 0. The second-order valence-corrected chi connectivity index (χ2v) is 5.39. The SMILES string of the molecule is Cc1ccc(Sc2cc(F)cc([N+](=O)[O-])c2)c(C)c1. The molecule has 3 nitrogen and oxygen atoms in total. The maximum Gasteiger partial charge on any atom is 0.273 e. The van der Waals surface area contributed by atoms with Crippen LogP contribution in [-0.2, 0) is 0 Å². The van der Waals surface area contributed by atoms with Crippen molar-refractivity contribution in [3.05, 3.63) is 63.5 Å². The first-order chi connectivity index (χ1) is 8.95. The molecule has 0 fully saturated rings. The van der Waals surface area contributed by atoms with Gasteiger partial charge in [-0.1, -0.05) is 29.5 Å². The lowest BCUT2D eigenvalue weighted by Gasteiger charge is -2.06. The maximum absolute atomic E-state index is 13.3. The highest BCUT2D eigenvalue weighted by molar-refractivity contribution is 7.99. The van der Waals surface area contributed by atoms with E-state index in [1.165, 1.54) is 23.9 Å². The molecule has 0 N–H and O–H groups in total. The Morgan fingerprint density at radius 3 is 2.53 bits per heavy atom. The van der Waals surface area contributed by atoms with Crippen molar-refractivity contribution in [2.75, 3.05) is 0 Å². The van der Waals surface area contributed by atoms with Gasteiger partial charge in [-0.3, -0.25) is 10.1 Å². The third-order valence-corrected chi connectivity index (χ3v) is 3.77. The fraction of sp³-hybridized carbons (Fsp3) is 0.143. The summed E-state index contributed by atoms with van der Waals surface area (Å²) in [5.74, 6) is -0.596. The predicted molar refractivity (Wildman–Crippen MR) is 73.1 cm³/mol. The van der Waals surface area contributed by atoms with Crippen molar-refractivity contribution in [2.24, 2.45) is 0 Å². The van der Waals surface area contributed by atoms with Gasteiger partial charge in [0.2, 0.25) is 0 Å². The lowest BCUT2D eigenvalue weighted by atomic mass is 10.2. The van der Waals surface area contributed by atoms with E-state index in [0.29, 0.717) is 4.90 Å². The van der Waals surface area contributed by atoms with Gasteiger partial charge in [0.25, 0.3) is 5.69 Å². The Hall–Kier alpha value is -1.88. The Bertz CT molecular complexity index is 643. The number of hydrogen-bond acceptors (Lipinski definition) is 3. The summed E-state index contributed by atoms with van der Waals surface area (Å²) < 4.78 is 13.3. The van der Waals surface area contributed by atoms with E-state index >= 15 is 0 Å². The van der Waals surface area contributed by atoms with Crippen molar-refractivity contribution < 1.29 is 9.31 Å². The van der Waals surface area contributed by atoms with E-state index in [1.54, 1.807) is 0 Å². The number of aryl methyl sites for hydroxylation is 2. The normalized spacial score (nSPS) is 10.5. The second-order valence-electron chi connectivity index (χ2n) is 4.27. The van der Waals surface area contributed by atoms with Crippen LogP contribution in [-0.4, -0.2) is 4.92 Å². The van der Waals surface area contributed by atoms with Crippen LogP contribution >= 0.6 is 11.8 Å². The van der Waals surface area contributed by atoms with E-state index in [-0.39, 0.29) is 5.69 Å². The molecular formula is C14H12FNO2S. The van der Waals surface area contributed by atoms with Gasteiger partial charge >= 0.3 is 0 Å². The molecule has 0 unspecified atom stereocenters. The van der Waals surface area contributed by atoms with Gasteiger partial charge in [-0.15, -0.1) is 0 Å². The molecule has 0 aromatic heterocycles. The van der Waals surface area contributed by atoms with E-state index in [1.807, 2.05) is 32.0 Å². The van der Waals surface area contributed by atoms with E-state index in [0.717, 1.165) is 22.1 Å². The molecule has 5 heteroatoms. The number of rotatable bonds is 3. The van der Waals surface area contributed by atoms with Crippen molar-refractivity contribution in [3.8, 4) is 0 Å². The average Bonchev–Trinajstić information content (AvgIpc) is 2.32. The number of halogens is 1. The fourth-order valence-electron chi connectivity index (χ4n) is 1.75. The minimum atomic E-state index is -0.596. The molecule has 0 atom stereocenters. The summed E-state index contributed by atoms with van der Waals surface area (Å²) in [6.45, 7) is 3.96. The minimum Gasteiger partial charge on any atom is -0.258 e. The highest BCUT2D eigenvalue weighted by Gasteiger charge is 2.11. The van der Waals surface area contributed by atoms with Gasteiger partial charge in [0, 0.05) is 15.9 Å². The highest BCUT2D eigenvalue weighted by atomic mass is 32.2. The summed E-state index contributed by atoms with van der Waals surface area (Å²) in [5, 5.41) is 10.7. The molecule has 0 aliphatic heterocycles. The van der Waals surface area contributed by atoms with E-state index in [2.05, 4.69) is 0 Å². The molecule has 19 heavy (non-hydrogen) atoms. The average molecular weight is 277 g/mol. The van der Waals surface area contributed by atoms with Crippen LogP contribution in [0, 0.1) is 29.8 Å². The lowest BCUT2D eigenvalue weighted by Crippen LogP contribution is -1.90. The smallest absolute Gasteiger partial charge is 0.258 e. The Morgan fingerprint density at radius 1 is 1.16 bits per heavy atom. The Kier molecular flexibility index (Phi) is 3.85. The summed E-state index contributed by atoms with van der Waals surface area (Å²) in [5.41, 5.74) is 1.98. The zero-order chi connectivity index (χ0) is 14.0. The Morgan fingerprint density at radius 2 is 1.89 bits per heavy atom. The van der Waals surface area contributed by atoms with Gasteiger partial charge in [-0.25, -0.2) is 4.39 Å². The van der Waals surface area contributed by atoms with Crippen molar-refractivity contribution in [3.63, 3.8) is 0 Å². The van der Waals surface area contributed by atoms with Crippen molar-refractivity contribution in [1.82, 2.24) is 0 Å². The van der Waals surface area contributed by atoms with E-state index in [9.17, 15) is 14.5 Å². The zero-order valence-corrected chi connectivity index (χ0v) is 11.3. The molecule has 0 amide bonds. The highest BCUT2D eigenvalue weighted by Crippen LogP contribution is 2.33. The zero-order valence-electron chi connectivity index (χ0n) is 10.5. The number of nitrogens with zero attached hydrogens (tertiary/aromatic N) is 1. The molecule has 0 aliphatic carbocycles. The van der Waals surface area contributed by atoms with Crippen LogP contribution in [0.3, 0.4) is 0 Å². The molecule has 98 valence electrons. The molecule has 2 aromatic carbocycles. The fourth-order valence-corrected chi connectivity index (χ4v) is 2.71. The first-order valence-corrected chi connectivity index (χ1v) is 6.47. The third kappa shape index (κ3) is 3.32. The van der Waals surface area contributed by atoms with Crippen molar-refractivity contribution >= 4 is 17.4 Å². The van der Waals surface area contributed by atoms with Gasteiger partial charge in [-0.05, 0) is 31.5 Å². The number of nitro benzene ring substituents is 1. The largest absolute Gasteiger partial charge is 0.273 e. The van der Waals surface area contributed by atoms with Crippen LogP contribution in [0.1, 0.15) is 11.1 Å². The molecule has 0 radical (unpaired) electrons. The van der Waals surface area contributed by atoms with Crippen molar-refractivity contribution in [1.29, 1.82) is 0 Å². The van der Waals surface area contributed by atoms with Crippen LogP contribution < -0.4 is 0 Å². The summed E-state index contributed by atoms with van der Waals surface area (Å²) >= 11 is 1.32. The molecular weight excluding hydrogens is 265 g/mol. The standard InChI is InChI=1S/C14H12FNO2S/c1-9-3-4-14(10(2)5-9)19-13-7-11(15)6-12(8-13)16(17)18/h3-8H,1-2H3. The van der Waals surface area contributed by atoms with Crippen LogP contribution in [0.15, 0.2) is 46.2 Å². The molecule has 0 heterocycles. The summed E-state index contributed by atoms with van der Waals surface area (Å²) in [6, 6.07) is 9.53. The topological polar surface area (TPSA) is 43.1 Å². The van der Waals surface area contributed by atoms with Gasteiger partial charge in [0.1, 0.15) is 5.82 Å². The molecule has 0 aliphatic rings. The third-order valence-electron chi connectivity index (χ3n) is 2.63. The first kappa shape index (κ1) is 13.5. The number of hydrogen-bond donors (Lipinski definition) is 0. The van der Waals surface area contributed by atoms with Gasteiger partial charge in [-0.2, -0.15) is 0 Å². The summed E-state index contributed by atoms with van der Waals surface area (Å²) in [4.78, 5) is 11.6. The first-order valence-electron chi connectivity index (χ1n) is 5.66. The second kappa shape index (κ2) is 5.40. The van der Waals surface area contributed by atoms with E-state index < -0.39 is 10.7 Å². The number of non-ortho nitro benzene ring substituents is 1. The van der Waals surface area contributed by atoms with Gasteiger partial charge < -0.3 is 0 Å². The maximum atomic E-state index is 13.3. The molecule has 2 rings (SSSR count). The van der Waals surface area contributed by atoms with Gasteiger partial charge in [0.05, 0.1) is 11.0 Å². The monoisotopic (exact) mass is 277 g/mol. The van der Waals surface area contributed by atoms with Gasteiger partial charge in [0.15, 0.2) is 0 Å². The van der Waals surface area contributed by atoms with Crippen LogP contribution in [0.2, 0.25) is 0 Å². The molecule has 0 spiro atoms. The molecule has 0 saturated heterocycles. The predicted octanol–water partition coefficient (Wildman–Crippen LogP) is 4.50. The van der Waals surface area contributed by atoms with Crippen LogP contribution in [0.25, 0.3) is 0 Å². The molecule has 0 bridgehead atoms. The quantitative estimate of drug-likeness (QED) is 0.612. The number of nitro groups is 1. The lowest BCUT2D eigenvalue weighted by molar-refractivity contribution is -0.385. The van der Waals surface area contributed by atoms with E-state index in [4.69, 9.17) is 0 Å².